The Balaban J connectivity index is 1.74. The van der Waals surface area contributed by atoms with Crippen LogP contribution in [0.2, 0.25) is 0 Å². The first-order valence-corrected chi connectivity index (χ1v) is 8.46. The first-order valence-electron chi connectivity index (χ1n) is 8.46. The van der Waals surface area contributed by atoms with E-state index in [2.05, 4.69) is 57.1 Å². The average molecular weight is 322 g/mol. The van der Waals surface area contributed by atoms with Gasteiger partial charge in [0.05, 0.1) is 24.4 Å². The van der Waals surface area contributed by atoms with E-state index in [1.165, 1.54) is 16.5 Å². The zero-order valence-corrected chi connectivity index (χ0v) is 14.1. The number of ether oxygens (including phenoxy) is 1. The van der Waals surface area contributed by atoms with Gasteiger partial charge in [0.1, 0.15) is 0 Å². The van der Waals surface area contributed by atoms with E-state index in [1.807, 2.05) is 19.1 Å². The van der Waals surface area contributed by atoms with Crippen molar-refractivity contribution in [2.45, 2.75) is 19.9 Å². The molecule has 0 amide bonds. The van der Waals surface area contributed by atoms with E-state index >= 15 is 0 Å². The Morgan fingerprint density at radius 2 is 1.88 bits per heavy atom. The minimum absolute atomic E-state index is 0.373. The first kappa shape index (κ1) is 15.3. The Hall–Kier alpha value is -2.24. The quantitative estimate of drug-likeness (QED) is 0.743. The van der Waals surface area contributed by atoms with Gasteiger partial charge >= 0.3 is 0 Å². The SMILES string of the molecule is Cc1ccc(-n2ccc3c(C(C)N4CCOCC4)cccc32)nn1. The third kappa shape index (κ3) is 2.70. The van der Waals surface area contributed by atoms with Crippen LogP contribution in [0.5, 0.6) is 0 Å². The highest BCUT2D eigenvalue weighted by Crippen LogP contribution is 2.30. The van der Waals surface area contributed by atoms with Gasteiger partial charge in [0.25, 0.3) is 0 Å². The monoisotopic (exact) mass is 322 g/mol. The highest BCUT2D eigenvalue weighted by atomic mass is 16.5. The molecule has 5 nitrogen and oxygen atoms in total. The Labute approximate surface area is 141 Å². The maximum Gasteiger partial charge on any atom is 0.159 e. The van der Waals surface area contributed by atoms with Crippen LogP contribution in [-0.2, 0) is 4.74 Å². The topological polar surface area (TPSA) is 43.2 Å². The second kappa shape index (κ2) is 6.34. The summed E-state index contributed by atoms with van der Waals surface area (Å²) in [5.41, 5.74) is 3.45. The van der Waals surface area contributed by atoms with Crippen LogP contribution in [0, 0.1) is 6.92 Å². The molecular formula is C19H22N4O. The molecule has 1 fully saturated rings. The second-order valence-corrected chi connectivity index (χ2v) is 6.32. The molecule has 24 heavy (non-hydrogen) atoms. The highest BCUT2D eigenvalue weighted by Gasteiger charge is 2.21. The standard InChI is InChI=1S/C19H22N4O/c1-14-6-7-19(21-20-14)23-9-8-17-16(4-3-5-18(17)23)15(2)22-10-12-24-13-11-22/h3-9,15H,10-13H2,1-2H3. The maximum atomic E-state index is 5.48. The number of morpholine rings is 1. The van der Waals surface area contributed by atoms with Gasteiger partial charge in [-0.05, 0) is 43.7 Å². The minimum atomic E-state index is 0.373. The molecule has 1 unspecified atom stereocenters. The van der Waals surface area contributed by atoms with Gasteiger partial charge < -0.3 is 4.74 Å². The molecule has 2 aromatic heterocycles. The summed E-state index contributed by atoms with van der Waals surface area (Å²) >= 11 is 0. The molecule has 0 bridgehead atoms. The van der Waals surface area contributed by atoms with E-state index in [1.54, 1.807) is 0 Å². The number of aryl methyl sites for hydroxylation is 1. The van der Waals surface area contributed by atoms with Gasteiger partial charge in [-0.15, -0.1) is 5.10 Å². The Kier molecular flexibility index (Phi) is 4.04. The fourth-order valence-electron chi connectivity index (χ4n) is 3.44. The lowest BCUT2D eigenvalue weighted by molar-refractivity contribution is 0.0201. The van der Waals surface area contributed by atoms with Crippen molar-refractivity contribution in [3.63, 3.8) is 0 Å². The van der Waals surface area contributed by atoms with Gasteiger partial charge in [-0.3, -0.25) is 9.47 Å². The molecule has 5 heteroatoms. The number of nitrogens with zero attached hydrogens (tertiary/aromatic N) is 4. The molecular weight excluding hydrogens is 300 g/mol. The van der Waals surface area contributed by atoms with Crippen LogP contribution in [0.15, 0.2) is 42.6 Å². The van der Waals surface area contributed by atoms with Crippen molar-refractivity contribution >= 4 is 10.9 Å². The summed E-state index contributed by atoms with van der Waals surface area (Å²) in [5, 5.41) is 9.78. The largest absolute Gasteiger partial charge is 0.379 e. The van der Waals surface area contributed by atoms with Crippen molar-refractivity contribution in [2.75, 3.05) is 26.3 Å². The summed E-state index contributed by atoms with van der Waals surface area (Å²) in [6.45, 7) is 7.85. The van der Waals surface area contributed by atoms with Crippen molar-refractivity contribution in [3.05, 3.63) is 53.9 Å². The van der Waals surface area contributed by atoms with Crippen LogP contribution in [0.1, 0.15) is 24.2 Å². The predicted molar refractivity (Wildman–Crippen MR) is 94.4 cm³/mol. The summed E-state index contributed by atoms with van der Waals surface area (Å²) in [7, 11) is 0. The molecule has 0 aliphatic carbocycles. The summed E-state index contributed by atoms with van der Waals surface area (Å²) in [4.78, 5) is 2.49. The van der Waals surface area contributed by atoms with Gasteiger partial charge in [-0.2, -0.15) is 5.10 Å². The van der Waals surface area contributed by atoms with Gasteiger partial charge in [-0.1, -0.05) is 12.1 Å². The molecule has 1 aromatic carbocycles. The van der Waals surface area contributed by atoms with E-state index in [4.69, 9.17) is 4.74 Å². The molecule has 124 valence electrons. The number of aromatic nitrogens is 3. The van der Waals surface area contributed by atoms with Crippen molar-refractivity contribution < 1.29 is 4.74 Å². The second-order valence-electron chi connectivity index (χ2n) is 6.32. The molecule has 1 aliphatic rings. The number of rotatable bonds is 3. The fraction of sp³-hybridized carbons (Fsp3) is 0.368. The summed E-state index contributed by atoms with van der Waals surface area (Å²) in [5.74, 6) is 0.853. The summed E-state index contributed by atoms with van der Waals surface area (Å²) < 4.78 is 7.59. The van der Waals surface area contributed by atoms with Gasteiger partial charge in [0, 0.05) is 30.7 Å². The van der Waals surface area contributed by atoms with Crippen LogP contribution < -0.4 is 0 Å². The van der Waals surface area contributed by atoms with Crippen molar-refractivity contribution in [2.24, 2.45) is 0 Å². The van der Waals surface area contributed by atoms with Crippen LogP contribution in [0.4, 0.5) is 0 Å². The van der Waals surface area contributed by atoms with Crippen LogP contribution in [-0.4, -0.2) is 46.0 Å². The van der Waals surface area contributed by atoms with Crippen LogP contribution >= 0.6 is 0 Å². The first-order chi connectivity index (χ1) is 11.7. The third-order valence-corrected chi connectivity index (χ3v) is 4.84. The van der Waals surface area contributed by atoms with E-state index in [-0.39, 0.29) is 0 Å². The number of hydrogen-bond donors (Lipinski definition) is 0. The van der Waals surface area contributed by atoms with Crippen molar-refractivity contribution in [1.29, 1.82) is 0 Å². The van der Waals surface area contributed by atoms with E-state index in [0.29, 0.717) is 6.04 Å². The molecule has 1 saturated heterocycles. The van der Waals surface area contributed by atoms with E-state index in [9.17, 15) is 0 Å². The van der Waals surface area contributed by atoms with Gasteiger partial charge in [0.15, 0.2) is 5.82 Å². The van der Waals surface area contributed by atoms with Crippen molar-refractivity contribution in [3.8, 4) is 5.82 Å². The lowest BCUT2D eigenvalue weighted by Gasteiger charge is -2.32. The molecule has 3 heterocycles. The smallest absolute Gasteiger partial charge is 0.159 e. The summed E-state index contributed by atoms with van der Waals surface area (Å²) in [6, 6.07) is 13.1. The van der Waals surface area contributed by atoms with E-state index in [0.717, 1.165) is 37.8 Å². The molecule has 0 radical (unpaired) electrons. The zero-order valence-electron chi connectivity index (χ0n) is 14.1. The Morgan fingerprint density at radius 3 is 2.62 bits per heavy atom. The molecule has 0 N–H and O–H groups in total. The molecule has 4 rings (SSSR count). The van der Waals surface area contributed by atoms with Gasteiger partial charge in [0.2, 0.25) is 0 Å². The molecule has 1 aliphatic heterocycles. The highest BCUT2D eigenvalue weighted by molar-refractivity contribution is 5.85. The van der Waals surface area contributed by atoms with Crippen LogP contribution in [0.3, 0.4) is 0 Å². The average Bonchev–Trinajstić information content (AvgIpc) is 3.07. The maximum absolute atomic E-state index is 5.48. The lowest BCUT2D eigenvalue weighted by atomic mass is 10.0. The molecule has 0 saturated carbocycles. The number of benzene rings is 1. The normalized spacial score (nSPS) is 17.2. The zero-order chi connectivity index (χ0) is 16.5. The predicted octanol–water partition coefficient (Wildman–Crippen LogP) is 3.12. The molecule has 1 atom stereocenters. The molecule has 0 spiro atoms. The number of hydrogen-bond acceptors (Lipinski definition) is 4. The minimum Gasteiger partial charge on any atom is -0.379 e. The molecule has 3 aromatic rings. The Bertz CT molecular complexity index is 834. The summed E-state index contributed by atoms with van der Waals surface area (Å²) in [6.07, 6.45) is 2.08. The van der Waals surface area contributed by atoms with Crippen LogP contribution in [0.25, 0.3) is 16.7 Å². The van der Waals surface area contributed by atoms with Gasteiger partial charge in [-0.25, -0.2) is 0 Å². The fourth-order valence-corrected chi connectivity index (χ4v) is 3.44. The Morgan fingerprint density at radius 1 is 1.04 bits per heavy atom. The lowest BCUT2D eigenvalue weighted by Crippen LogP contribution is -2.38. The van der Waals surface area contributed by atoms with E-state index < -0.39 is 0 Å². The number of fused-ring (bicyclic) bond motifs is 1. The van der Waals surface area contributed by atoms with Crippen molar-refractivity contribution in [1.82, 2.24) is 19.7 Å². The third-order valence-electron chi connectivity index (χ3n) is 4.84.